The van der Waals surface area contributed by atoms with Crippen LogP contribution in [0.4, 0.5) is 5.82 Å². The molecule has 1 unspecified atom stereocenters. The third kappa shape index (κ3) is 1.89. The maximum atomic E-state index is 11.8. The normalized spacial score (nSPS) is 20.1. The molecule has 16 heavy (non-hydrogen) atoms. The first kappa shape index (κ1) is 10.6. The maximum absolute atomic E-state index is 11.8. The highest BCUT2D eigenvalue weighted by Gasteiger charge is 2.28. The molecular weight excluding hydrogens is 214 g/mol. The molecule has 1 saturated heterocycles. The Hall–Kier alpha value is -1.89. The molecule has 2 heterocycles. The molecule has 1 aromatic heterocycles. The smallest absolute Gasteiger partial charge is 0.321 e. The SMILES string of the molecule is O=C(c1ccc([N+](=O)[O-])[nH]1)N1CCC(O)C1. The topological polar surface area (TPSA) is 99.5 Å². The first-order valence-corrected chi connectivity index (χ1v) is 4.88. The third-order valence-electron chi connectivity index (χ3n) is 2.55. The molecule has 0 radical (unpaired) electrons. The van der Waals surface area contributed by atoms with Gasteiger partial charge >= 0.3 is 5.82 Å². The number of aliphatic hydroxyl groups excluding tert-OH is 1. The molecule has 1 aliphatic rings. The number of amides is 1. The number of likely N-dealkylation sites (tertiary alicyclic amines) is 1. The molecule has 1 atom stereocenters. The number of nitrogens with zero attached hydrogens (tertiary/aromatic N) is 2. The van der Waals surface area contributed by atoms with E-state index in [-0.39, 0.29) is 24.0 Å². The van der Waals surface area contributed by atoms with Crippen LogP contribution in [0.25, 0.3) is 0 Å². The summed E-state index contributed by atoms with van der Waals surface area (Å²) in [6.45, 7) is 0.762. The summed E-state index contributed by atoms with van der Waals surface area (Å²) in [5.41, 5.74) is 0.181. The van der Waals surface area contributed by atoms with E-state index in [1.54, 1.807) is 0 Å². The molecule has 0 saturated carbocycles. The summed E-state index contributed by atoms with van der Waals surface area (Å²) in [6.07, 6.45) is 0.0584. The number of aromatic nitrogens is 1. The summed E-state index contributed by atoms with van der Waals surface area (Å²) in [7, 11) is 0. The van der Waals surface area contributed by atoms with Crippen molar-refractivity contribution < 1.29 is 14.8 Å². The number of nitrogens with one attached hydrogen (secondary N) is 1. The van der Waals surface area contributed by atoms with Gasteiger partial charge in [0, 0.05) is 19.2 Å². The largest absolute Gasteiger partial charge is 0.391 e. The van der Waals surface area contributed by atoms with E-state index in [4.69, 9.17) is 0 Å². The predicted molar refractivity (Wildman–Crippen MR) is 54.0 cm³/mol. The van der Waals surface area contributed by atoms with E-state index < -0.39 is 11.0 Å². The molecule has 1 amide bonds. The molecule has 7 heteroatoms. The van der Waals surface area contributed by atoms with Crippen LogP contribution in [0.1, 0.15) is 16.9 Å². The molecule has 7 nitrogen and oxygen atoms in total. The Balaban J connectivity index is 2.11. The average Bonchev–Trinajstić information content (AvgIpc) is 2.84. The van der Waals surface area contributed by atoms with Crippen molar-refractivity contribution in [3.8, 4) is 0 Å². The van der Waals surface area contributed by atoms with E-state index >= 15 is 0 Å². The van der Waals surface area contributed by atoms with Crippen LogP contribution in [-0.4, -0.2) is 45.0 Å². The van der Waals surface area contributed by atoms with Gasteiger partial charge in [-0.25, -0.2) is 4.98 Å². The van der Waals surface area contributed by atoms with Crippen LogP contribution < -0.4 is 0 Å². The fourth-order valence-corrected chi connectivity index (χ4v) is 1.71. The predicted octanol–water partition coefficient (Wildman–Crippen LogP) is 0.130. The molecule has 1 aromatic rings. The quantitative estimate of drug-likeness (QED) is 0.552. The second-order valence-corrected chi connectivity index (χ2v) is 3.71. The van der Waals surface area contributed by atoms with E-state index in [0.717, 1.165) is 0 Å². The second kappa shape index (κ2) is 3.93. The summed E-state index contributed by atoms with van der Waals surface area (Å²) < 4.78 is 0. The van der Waals surface area contributed by atoms with Gasteiger partial charge in [0.05, 0.1) is 6.10 Å². The van der Waals surface area contributed by atoms with Gasteiger partial charge in [-0.1, -0.05) is 0 Å². The van der Waals surface area contributed by atoms with Crippen LogP contribution in [0.5, 0.6) is 0 Å². The Morgan fingerprint density at radius 2 is 2.38 bits per heavy atom. The highest BCUT2D eigenvalue weighted by molar-refractivity contribution is 5.93. The van der Waals surface area contributed by atoms with Gasteiger partial charge in [-0.3, -0.25) is 4.79 Å². The fourth-order valence-electron chi connectivity index (χ4n) is 1.71. The summed E-state index contributed by atoms with van der Waals surface area (Å²) in [5.74, 6) is -0.521. The van der Waals surface area contributed by atoms with Gasteiger partial charge in [0.15, 0.2) is 5.69 Å². The van der Waals surface area contributed by atoms with Crippen molar-refractivity contribution in [3.05, 3.63) is 27.9 Å². The van der Waals surface area contributed by atoms with Crippen LogP contribution in [0, 0.1) is 10.1 Å². The van der Waals surface area contributed by atoms with E-state index in [2.05, 4.69) is 4.98 Å². The van der Waals surface area contributed by atoms with Crippen molar-refractivity contribution >= 4 is 11.7 Å². The van der Waals surface area contributed by atoms with Gasteiger partial charge in [0.25, 0.3) is 5.91 Å². The number of aromatic amines is 1. The Bertz CT molecular complexity index is 428. The first-order valence-electron chi connectivity index (χ1n) is 4.88. The molecule has 0 aliphatic carbocycles. The summed E-state index contributed by atoms with van der Waals surface area (Å²) >= 11 is 0. The zero-order valence-corrected chi connectivity index (χ0v) is 8.42. The molecule has 0 aromatic carbocycles. The minimum atomic E-state index is -0.588. The monoisotopic (exact) mass is 225 g/mol. The van der Waals surface area contributed by atoms with Crippen molar-refractivity contribution in [2.45, 2.75) is 12.5 Å². The number of carbonyl (C=O) groups excluding carboxylic acids is 1. The lowest BCUT2D eigenvalue weighted by Crippen LogP contribution is -2.29. The Morgan fingerprint density at radius 1 is 1.62 bits per heavy atom. The highest BCUT2D eigenvalue weighted by Crippen LogP contribution is 2.15. The number of carbonyl (C=O) groups is 1. The lowest BCUT2D eigenvalue weighted by Gasteiger charge is -2.12. The first-order chi connectivity index (χ1) is 7.58. The molecule has 86 valence electrons. The standard InChI is InChI=1S/C9H11N3O4/c13-6-3-4-11(5-6)9(14)7-1-2-8(10-7)12(15)16/h1-2,6,10,13H,3-5H2. The molecule has 0 spiro atoms. The molecule has 0 bridgehead atoms. The molecule has 2 rings (SSSR count). The number of nitro groups is 1. The number of rotatable bonds is 2. The number of hydrogen-bond acceptors (Lipinski definition) is 4. The highest BCUT2D eigenvalue weighted by atomic mass is 16.6. The molecular formula is C9H11N3O4. The van der Waals surface area contributed by atoms with Gasteiger partial charge in [-0.05, 0) is 17.4 Å². The Morgan fingerprint density at radius 3 is 2.88 bits per heavy atom. The van der Waals surface area contributed by atoms with Crippen LogP contribution in [0.3, 0.4) is 0 Å². The average molecular weight is 225 g/mol. The number of H-pyrrole nitrogens is 1. The van der Waals surface area contributed by atoms with E-state index in [1.165, 1.54) is 17.0 Å². The summed E-state index contributed by atoms with van der Waals surface area (Å²) in [4.78, 5) is 25.5. The van der Waals surface area contributed by atoms with Crippen molar-refractivity contribution in [1.29, 1.82) is 0 Å². The lowest BCUT2D eigenvalue weighted by molar-refractivity contribution is -0.389. The summed E-state index contributed by atoms with van der Waals surface area (Å²) in [5, 5.41) is 19.7. The molecule has 1 aliphatic heterocycles. The van der Waals surface area contributed by atoms with Crippen molar-refractivity contribution in [1.82, 2.24) is 9.88 Å². The zero-order valence-electron chi connectivity index (χ0n) is 8.42. The minimum Gasteiger partial charge on any atom is -0.391 e. The Kier molecular flexibility index (Phi) is 2.61. The van der Waals surface area contributed by atoms with Crippen molar-refractivity contribution in [2.75, 3.05) is 13.1 Å². The van der Waals surface area contributed by atoms with E-state index in [9.17, 15) is 20.0 Å². The van der Waals surface area contributed by atoms with Gasteiger partial charge in [0.1, 0.15) is 0 Å². The Labute approximate surface area is 90.8 Å². The van der Waals surface area contributed by atoms with Gasteiger partial charge in [0.2, 0.25) is 0 Å². The minimum absolute atomic E-state index is 0.181. The van der Waals surface area contributed by atoms with Crippen LogP contribution in [0.2, 0.25) is 0 Å². The van der Waals surface area contributed by atoms with Crippen LogP contribution in [-0.2, 0) is 0 Å². The van der Waals surface area contributed by atoms with E-state index in [0.29, 0.717) is 13.0 Å². The van der Waals surface area contributed by atoms with Gasteiger partial charge < -0.3 is 20.1 Å². The lowest BCUT2D eigenvalue weighted by atomic mass is 10.3. The van der Waals surface area contributed by atoms with Crippen molar-refractivity contribution in [2.24, 2.45) is 0 Å². The molecule has 2 N–H and O–H groups in total. The van der Waals surface area contributed by atoms with Gasteiger partial charge in [-0.2, -0.15) is 0 Å². The number of β-amino-alcohol motifs (C(OH)–C–C–N with tert-alkyl or cyclic N) is 1. The van der Waals surface area contributed by atoms with Crippen LogP contribution >= 0.6 is 0 Å². The van der Waals surface area contributed by atoms with Gasteiger partial charge in [-0.15, -0.1) is 0 Å². The second-order valence-electron chi connectivity index (χ2n) is 3.71. The number of aliphatic hydroxyl groups is 1. The number of hydrogen-bond donors (Lipinski definition) is 2. The fraction of sp³-hybridized carbons (Fsp3) is 0.444. The molecule has 1 fully saturated rings. The maximum Gasteiger partial charge on any atom is 0.321 e. The third-order valence-corrected chi connectivity index (χ3v) is 2.55. The zero-order chi connectivity index (χ0) is 11.7. The van der Waals surface area contributed by atoms with E-state index in [1.807, 2.05) is 0 Å². The van der Waals surface area contributed by atoms with Crippen LogP contribution in [0.15, 0.2) is 12.1 Å². The summed E-state index contributed by atoms with van der Waals surface area (Å²) in [6, 6.07) is 2.63. The van der Waals surface area contributed by atoms with Crippen molar-refractivity contribution in [3.63, 3.8) is 0 Å².